The Labute approximate surface area is 216 Å². The fourth-order valence-corrected chi connectivity index (χ4v) is 6.20. The van der Waals surface area contributed by atoms with Gasteiger partial charge in [0.15, 0.2) is 0 Å². The number of carbonyl (C=O) groups excluding carboxylic acids is 2. The predicted octanol–water partition coefficient (Wildman–Crippen LogP) is 4.15. The Kier molecular flexibility index (Phi) is 7.82. The number of nitrogens with zero attached hydrogens (tertiary/aromatic N) is 3. The van der Waals surface area contributed by atoms with Gasteiger partial charge in [0.1, 0.15) is 11.6 Å². The van der Waals surface area contributed by atoms with Crippen molar-refractivity contribution in [1.82, 2.24) is 14.7 Å². The third kappa shape index (κ3) is 6.22. The van der Waals surface area contributed by atoms with Gasteiger partial charge in [0.05, 0.1) is 12.1 Å². The molecule has 0 spiro atoms. The van der Waals surface area contributed by atoms with Crippen LogP contribution in [0.15, 0.2) is 30.3 Å². The molecule has 37 heavy (non-hydrogen) atoms. The highest BCUT2D eigenvalue weighted by Gasteiger charge is 2.52. The molecule has 3 fully saturated rings. The van der Waals surface area contributed by atoms with Gasteiger partial charge in [-0.3, -0.25) is 9.69 Å². The normalized spacial score (nSPS) is 29.5. The second-order valence-electron chi connectivity index (χ2n) is 11.6. The molecule has 2 heterocycles. The second kappa shape index (κ2) is 10.4. The van der Waals surface area contributed by atoms with E-state index >= 15 is 0 Å². The Morgan fingerprint density at radius 1 is 1.05 bits per heavy atom. The standard InChI is InChI=1S/C27H38F3N3O4/c1-25(2,3)37-24(35)31-15-16-32(18-27(28,29)30)22(17-31)23(34)33-14-13-26(36,19-9-5-4-6-10-19)20-11-7-8-12-21(20)33/h4-6,9-10,20-22,36H,7-8,11-18H2,1-3H3/t20-,21+,22?,26-/m0/s1. The number of hydrogen-bond donors (Lipinski definition) is 1. The van der Waals surface area contributed by atoms with E-state index in [4.69, 9.17) is 4.74 Å². The molecule has 3 aliphatic rings. The largest absolute Gasteiger partial charge is 0.444 e. The first-order chi connectivity index (χ1) is 17.3. The molecular formula is C27H38F3N3O4. The number of carbonyl (C=O) groups is 2. The molecule has 1 unspecified atom stereocenters. The Morgan fingerprint density at radius 2 is 1.73 bits per heavy atom. The lowest BCUT2D eigenvalue weighted by molar-refractivity contribution is -0.173. The molecular weight excluding hydrogens is 487 g/mol. The Balaban J connectivity index is 1.59. The van der Waals surface area contributed by atoms with Crippen molar-refractivity contribution in [2.24, 2.45) is 5.92 Å². The van der Waals surface area contributed by atoms with Gasteiger partial charge in [-0.15, -0.1) is 0 Å². The molecule has 2 saturated heterocycles. The number of piperazine rings is 1. The lowest BCUT2D eigenvalue weighted by Gasteiger charge is -2.54. The van der Waals surface area contributed by atoms with Crippen molar-refractivity contribution in [2.75, 3.05) is 32.7 Å². The van der Waals surface area contributed by atoms with Crippen LogP contribution in [0.4, 0.5) is 18.0 Å². The van der Waals surface area contributed by atoms with E-state index in [1.165, 1.54) is 4.90 Å². The van der Waals surface area contributed by atoms with E-state index < -0.39 is 42.0 Å². The zero-order chi connectivity index (χ0) is 27.0. The van der Waals surface area contributed by atoms with E-state index in [2.05, 4.69) is 0 Å². The Bertz CT molecular complexity index is 968. The molecule has 0 radical (unpaired) electrons. The molecule has 206 valence electrons. The van der Waals surface area contributed by atoms with E-state index in [0.29, 0.717) is 12.8 Å². The molecule has 0 aromatic heterocycles. The molecule has 1 aromatic rings. The summed E-state index contributed by atoms with van der Waals surface area (Å²) in [7, 11) is 0. The summed E-state index contributed by atoms with van der Waals surface area (Å²) in [5.41, 5.74) is -1.04. The number of piperidine rings is 1. The first kappa shape index (κ1) is 27.7. The van der Waals surface area contributed by atoms with Crippen molar-refractivity contribution in [3.05, 3.63) is 35.9 Å². The van der Waals surface area contributed by atoms with E-state index in [1.807, 2.05) is 30.3 Å². The molecule has 10 heteroatoms. The van der Waals surface area contributed by atoms with E-state index in [9.17, 15) is 27.9 Å². The monoisotopic (exact) mass is 525 g/mol. The number of likely N-dealkylation sites (tertiary alicyclic amines) is 1. The van der Waals surface area contributed by atoms with Crippen LogP contribution in [0.25, 0.3) is 0 Å². The van der Waals surface area contributed by atoms with E-state index in [1.54, 1.807) is 25.7 Å². The molecule has 0 bridgehead atoms. The van der Waals surface area contributed by atoms with Gasteiger partial charge in [-0.25, -0.2) is 4.79 Å². The van der Waals surface area contributed by atoms with Crippen LogP contribution in [0.1, 0.15) is 58.4 Å². The highest BCUT2D eigenvalue weighted by atomic mass is 19.4. The van der Waals surface area contributed by atoms with Gasteiger partial charge in [-0.05, 0) is 45.6 Å². The maximum atomic E-state index is 14.0. The van der Waals surface area contributed by atoms with Gasteiger partial charge in [0.25, 0.3) is 0 Å². The molecule has 1 saturated carbocycles. The van der Waals surface area contributed by atoms with Crippen LogP contribution in [0.3, 0.4) is 0 Å². The molecule has 2 aliphatic heterocycles. The summed E-state index contributed by atoms with van der Waals surface area (Å²) in [6.07, 6.45) is -1.56. The van der Waals surface area contributed by atoms with Crippen LogP contribution in [0.5, 0.6) is 0 Å². The number of halogens is 3. The fraction of sp³-hybridized carbons (Fsp3) is 0.704. The van der Waals surface area contributed by atoms with Gasteiger partial charge in [-0.1, -0.05) is 43.2 Å². The van der Waals surface area contributed by atoms with Crippen molar-refractivity contribution >= 4 is 12.0 Å². The van der Waals surface area contributed by atoms with Crippen molar-refractivity contribution in [2.45, 2.75) is 82.3 Å². The van der Waals surface area contributed by atoms with Crippen LogP contribution >= 0.6 is 0 Å². The second-order valence-corrected chi connectivity index (χ2v) is 11.6. The van der Waals surface area contributed by atoms with Gasteiger partial charge in [-0.2, -0.15) is 13.2 Å². The molecule has 4 atom stereocenters. The van der Waals surface area contributed by atoms with Gasteiger partial charge >= 0.3 is 12.3 Å². The quantitative estimate of drug-likeness (QED) is 0.642. The summed E-state index contributed by atoms with van der Waals surface area (Å²) in [5, 5.41) is 11.8. The zero-order valence-corrected chi connectivity index (χ0v) is 21.8. The van der Waals surface area contributed by atoms with Crippen molar-refractivity contribution < 1.29 is 32.6 Å². The summed E-state index contributed by atoms with van der Waals surface area (Å²) in [4.78, 5) is 30.8. The smallest absolute Gasteiger partial charge is 0.410 e. The Morgan fingerprint density at radius 3 is 2.38 bits per heavy atom. The number of amides is 2. The number of fused-ring (bicyclic) bond motifs is 1. The molecule has 2 amide bonds. The lowest BCUT2D eigenvalue weighted by Crippen LogP contribution is -2.66. The summed E-state index contributed by atoms with van der Waals surface area (Å²) < 4.78 is 45.8. The minimum Gasteiger partial charge on any atom is -0.444 e. The molecule has 1 aromatic carbocycles. The molecule has 1 aliphatic carbocycles. The fourth-order valence-electron chi connectivity index (χ4n) is 6.20. The number of benzene rings is 1. The molecule has 7 nitrogen and oxygen atoms in total. The SMILES string of the molecule is CC(C)(C)OC(=O)N1CCN(CC(F)(F)F)C(C(=O)N2CC[C@](O)(c3ccccc3)[C@H]3CCCC[C@H]32)C1. The summed E-state index contributed by atoms with van der Waals surface area (Å²) in [6.45, 7) is 3.99. The molecule has 4 rings (SSSR count). The summed E-state index contributed by atoms with van der Waals surface area (Å²) >= 11 is 0. The van der Waals surface area contributed by atoms with Crippen molar-refractivity contribution in [3.63, 3.8) is 0 Å². The van der Waals surface area contributed by atoms with Crippen LogP contribution < -0.4 is 0 Å². The van der Waals surface area contributed by atoms with Crippen molar-refractivity contribution in [1.29, 1.82) is 0 Å². The zero-order valence-electron chi connectivity index (χ0n) is 21.8. The maximum Gasteiger partial charge on any atom is 0.410 e. The minimum absolute atomic E-state index is 0.0502. The van der Waals surface area contributed by atoms with Gasteiger partial charge in [0, 0.05) is 38.1 Å². The van der Waals surface area contributed by atoms with Gasteiger partial charge in [0.2, 0.25) is 5.91 Å². The number of alkyl halides is 3. The first-order valence-corrected chi connectivity index (χ1v) is 13.2. The highest BCUT2D eigenvalue weighted by molar-refractivity contribution is 5.84. The number of rotatable bonds is 3. The minimum atomic E-state index is -4.48. The van der Waals surface area contributed by atoms with Crippen LogP contribution in [0, 0.1) is 5.92 Å². The molecule has 1 N–H and O–H groups in total. The van der Waals surface area contributed by atoms with Crippen LogP contribution in [-0.2, 0) is 15.1 Å². The summed E-state index contributed by atoms with van der Waals surface area (Å²) in [6, 6.07) is 8.04. The van der Waals surface area contributed by atoms with E-state index in [-0.39, 0.29) is 38.1 Å². The van der Waals surface area contributed by atoms with Crippen molar-refractivity contribution in [3.8, 4) is 0 Å². The topological polar surface area (TPSA) is 73.3 Å². The predicted molar refractivity (Wildman–Crippen MR) is 132 cm³/mol. The number of aliphatic hydroxyl groups is 1. The first-order valence-electron chi connectivity index (χ1n) is 13.2. The maximum absolute atomic E-state index is 14.0. The average molecular weight is 526 g/mol. The highest BCUT2D eigenvalue weighted by Crippen LogP contribution is 2.47. The summed E-state index contributed by atoms with van der Waals surface area (Å²) in [5.74, 6) is -0.618. The number of ether oxygens (including phenoxy) is 1. The van der Waals surface area contributed by atoms with E-state index in [0.717, 1.165) is 29.7 Å². The third-order valence-corrected chi connectivity index (χ3v) is 7.84. The number of hydrogen-bond acceptors (Lipinski definition) is 5. The van der Waals surface area contributed by atoms with Gasteiger partial charge < -0.3 is 19.6 Å². The van der Waals surface area contributed by atoms with Crippen LogP contribution in [0.2, 0.25) is 0 Å². The third-order valence-electron chi connectivity index (χ3n) is 7.84. The lowest BCUT2D eigenvalue weighted by atomic mass is 9.66. The Hall–Kier alpha value is -2.33. The average Bonchev–Trinajstić information content (AvgIpc) is 2.83. The van der Waals surface area contributed by atoms with Crippen LogP contribution in [-0.4, -0.2) is 88.4 Å².